The zero-order valence-corrected chi connectivity index (χ0v) is 15.2. The molecule has 3 aromatic rings. The molecule has 0 radical (unpaired) electrons. The lowest BCUT2D eigenvalue weighted by Crippen LogP contribution is -1.87. The van der Waals surface area contributed by atoms with Gasteiger partial charge in [0.15, 0.2) is 0 Å². The van der Waals surface area contributed by atoms with E-state index in [2.05, 4.69) is 0 Å². The molecule has 0 fully saturated rings. The first-order chi connectivity index (χ1) is 12.7. The van der Waals surface area contributed by atoms with Crippen molar-refractivity contribution in [2.75, 3.05) is 0 Å². The lowest BCUT2D eigenvalue weighted by atomic mass is 10.0. The van der Waals surface area contributed by atoms with E-state index in [1.54, 1.807) is 6.92 Å². The molecule has 3 aromatic carbocycles. The van der Waals surface area contributed by atoms with Gasteiger partial charge < -0.3 is 30.6 Å². The predicted octanol–water partition coefficient (Wildman–Crippen LogP) is 4.16. The Hall–Kier alpha value is -3.54. The molecule has 6 N–H and O–H groups in total. The third-order valence-electron chi connectivity index (χ3n) is 3.60. The first kappa shape index (κ1) is 21.5. The van der Waals surface area contributed by atoms with Crippen LogP contribution in [-0.2, 0) is 6.42 Å². The molecular formula is C21H24O6. The molecule has 0 bridgehead atoms. The summed E-state index contributed by atoms with van der Waals surface area (Å²) in [5.74, 6) is 1.19. The highest BCUT2D eigenvalue weighted by Gasteiger charge is 2.05. The summed E-state index contributed by atoms with van der Waals surface area (Å²) in [6.07, 6.45) is 0.742. The minimum absolute atomic E-state index is 0.169. The topological polar surface area (TPSA) is 121 Å². The van der Waals surface area contributed by atoms with Gasteiger partial charge in [-0.25, -0.2) is 0 Å². The fourth-order valence-electron chi connectivity index (χ4n) is 2.08. The predicted molar refractivity (Wildman–Crippen MR) is 103 cm³/mol. The quantitative estimate of drug-likeness (QED) is 0.357. The van der Waals surface area contributed by atoms with Crippen LogP contribution in [-0.4, -0.2) is 30.6 Å². The normalized spacial score (nSPS) is 9.41. The van der Waals surface area contributed by atoms with Crippen LogP contribution in [0.5, 0.6) is 34.5 Å². The molecule has 3 rings (SSSR count). The fraction of sp³-hybridized carbons (Fsp3) is 0.143. The molecule has 0 saturated carbocycles. The average Bonchev–Trinajstić information content (AvgIpc) is 2.65. The van der Waals surface area contributed by atoms with E-state index in [9.17, 15) is 10.2 Å². The van der Waals surface area contributed by atoms with Crippen molar-refractivity contribution in [2.24, 2.45) is 0 Å². The Kier molecular flexibility index (Phi) is 8.32. The molecule has 0 aliphatic carbocycles. The molecule has 0 spiro atoms. The number of hydrogen-bond acceptors (Lipinski definition) is 6. The van der Waals surface area contributed by atoms with Crippen LogP contribution < -0.4 is 0 Å². The maximum atomic E-state index is 9.30. The molecule has 0 unspecified atom stereocenters. The van der Waals surface area contributed by atoms with Crippen LogP contribution >= 0.6 is 0 Å². The number of aromatic hydroxyl groups is 6. The van der Waals surface area contributed by atoms with Crippen LogP contribution in [0.4, 0.5) is 0 Å². The summed E-state index contributed by atoms with van der Waals surface area (Å²) in [7, 11) is 0. The van der Waals surface area contributed by atoms with E-state index in [0.717, 1.165) is 17.5 Å². The van der Waals surface area contributed by atoms with Gasteiger partial charge in [-0.1, -0.05) is 6.92 Å². The minimum atomic E-state index is 0.169. The number of rotatable bonds is 1. The van der Waals surface area contributed by atoms with Gasteiger partial charge in [-0.15, -0.1) is 0 Å². The number of phenols is 6. The van der Waals surface area contributed by atoms with Gasteiger partial charge in [0.25, 0.3) is 0 Å². The molecule has 6 heteroatoms. The van der Waals surface area contributed by atoms with Gasteiger partial charge in [-0.3, -0.25) is 0 Å². The van der Waals surface area contributed by atoms with Crippen molar-refractivity contribution in [1.29, 1.82) is 0 Å². The lowest BCUT2D eigenvalue weighted by Gasteiger charge is -2.06. The highest BCUT2D eigenvalue weighted by atomic mass is 16.3. The number of phenolic OH excluding ortho intramolecular Hbond substituents is 6. The maximum Gasteiger partial charge on any atom is 0.119 e. The second kappa shape index (κ2) is 10.5. The first-order valence-corrected chi connectivity index (χ1v) is 8.21. The number of benzene rings is 3. The molecule has 0 aliphatic rings. The van der Waals surface area contributed by atoms with Gasteiger partial charge in [0.1, 0.15) is 34.5 Å². The van der Waals surface area contributed by atoms with Gasteiger partial charge in [0, 0.05) is 5.56 Å². The van der Waals surface area contributed by atoms with Crippen molar-refractivity contribution in [1.82, 2.24) is 0 Å². The Morgan fingerprint density at radius 1 is 0.519 bits per heavy atom. The summed E-state index contributed by atoms with van der Waals surface area (Å²) < 4.78 is 0. The summed E-state index contributed by atoms with van der Waals surface area (Å²) in [6, 6.07) is 14.4. The fourth-order valence-corrected chi connectivity index (χ4v) is 2.08. The van der Waals surface area contributed by atoms with E-state index in [4.69, 9.17) is 20.4 Å². The lowest BCUT2D eigenvalue weighted by molar-refractivity contribution is 0.451. The molecule has 0 saturated heterocycles. The van der Waals surface area contributed by atoms with Gasteiger partial charge in [0.05, 0.1) is 0 Å². The summed E-state index contributed by atoms with van der Waals surface area (Å²) in [4.78, 5) is 0. The van der Waals surface area contributed by atoms with Crippen LogP contribution in [0.3, 0.4) is 0 Å². The molecular weight excluding hydrogens is 348 g/mol. The highest BCUT2D eigenvalue weighted by molar-refractivity contribution is 5.46. The standard InChI is InChI=1S/C9H12O2.2C6H6O2/c1-3-7-6(2)8(10)4-5-9(7)11;2*7-5-1-2-6(8)4-3-5/h4-5,10-11H,3H2,1-2H3;2*1-4,7-8H. The molecule has 0 atom stereocenters. The van der Waals surface area contributed by atoms with Crippen LogP contribution in [0.2, 0.25) is 0 Å². The van der Waals surface area contributed by atoms with Crippen molar-refractivity contribution in [3.05, 3.63) is 71.8 Å². The van der Waals surface area contributed by atoms with Crippen molar-refractivity contribution >= 4 is 0 Å². The monoisotopic (exact) mass is 372 g/mol. The third-order valence-corrected chi connectivity index (χ3v) is 3.60. The van der Waals surface area contributed by atoms with Crippen LogP contribution in [0.1, 0.15) is 18.1 Å². The van der Waals surface area contributed by atoms with E-state index in [1.165, 1.54) is 60.7 Å². The molecule has 0 amide bonds. The summed E-state index contributed by atoms with van der Waals surface area (Å²) in [5, 5.41) is 53.1. The second-order valence-electron chi connectivity index (χ2n) is 5.59. The number of hydrogen-bond donors (Lipinski definition) is 6. The molecule has 0 heterocycles. The van der Waals surface area contributed by atoms with Crippen LogP contribution in [0.15, 0.2) is 60.7 Å². The Morgan fingerprint density at radius 3 is 1.07 bits per heavy atom. The highest BCUT2D eigenvalue weighted by Crippen LogP contribution is 2.28. The van der Waals surface area contributed by atoms with Crippen molar-refractivity contribution in [3.63, 3.8) is 0 Å². The third kappa shape index (κ3) is 7.48. The first-order valence-electron chi connectivity index (χ1n) is 8.21. The largest absolute Gasteiger partial charge is 0.508 e. The second-order valence-corrected chi connectivity index (χ2v) is 5.59. The molecule has 0 aliphatic heterocycles. The molecule has 6 nitrogen and oxygen atoms in total. The van der Waals surface area contributed by atoms with E-state index >= 15 is 0 Å². The van der Waals surface area contributed by atoms with E-state index < -0.39 is 0 Å². The maximum absolute atomic E-state index is 9.30. The SMILES string of the molecule is CCc1c(O)ccc(O)c1C.Oc1ccc(O)cc1.Oc1ccc(O)cc1. The summed E-state index contributed by atoms with van der Waals surface area (Å²) in [6.45, 7) is 3.75. The summed E-state index contributed by atoms with van der Waals surface area (Å²) >= 11 is 0. The Balaban J connectivity index is 0.000000206. The Bertz CT molecular complexity index is 741. The van der Waals surface area contributed by atoms with Crippen LogP contribution in [0.25, 0.3) is 0 Å². The smallest absolute Gasteiger partial charge is 0.119 e. The van der Waals surface area contributed by atoms with E-state index in [-0.39, 0.29) is 34.5 Å². The van der Waals surface area contributed by atoms with Crippen molar-refractivity contribution in [2.45, 2.75) is 20.3 Å². The average molecular weight is 372 g/mol. The zero-order chi connectivity index (χ0) is 20.4. The Morgan fingerprint density at radius 2 is 0.815 bits per heavy atom. The van der Waals surface area contributed by atoms with Gasteiger partial charge in [-0.2, -0.15) is 0 Å². The van der Waals surface area contributed by atoms with Gasteiger partial charge in [0.2, 0.25) is 0 Å². The molecule has 27 heavy (non-hydrogen) atoms. The van der Waals surface area contributed by atoms with E-state index in [0.29, 0.717) is 0 Å². The summed E-state index contributed by atoms with van der Waals surface area (Å²) in [5.41, 5.74) is 1.59. The minimum Gasteiger partial charge on any atom is -0.508 e. The Labute approximate surface area is 157 Å². The van der Waals surface area contributed by atoms with Crippen molar-refractivity contribution in [3.8, 4) is 34.5 Å². The van der Waals surface area contributed by atoms with Crippen LogP contribution in [0, 0.1) is 6.92 Å². The van der Waals surface area contributed by atoms with Gasteiger partial charge in [-0.05, 0) is 79.6 Å². The van der Waals surface area contributed by atoms with Crippen molar-refractivity contribution < 1.29 is 30.6 Å². The zero-order valence-electron chi connectivity index (χ0n) is 15.2. The van der Waals surface area contributed by atoms with Gasteiger partial charge >= 0.3 is 0 Å². The molecule has 144 valence electrons. The molecule has 0 aromatic heterocycles. The van der Waals surface area contributed by atoms with E-state index in [1.807, 2.05) is 6.92 Å².